The van der Waals surface area contributed by atoms with Gasteiger partial charge < -0.3 is 24.5 Å². The van der Waals surface area contributed by atoms with Crippen molar-refractivity contribution >= 4 is 17.7 Å². The standard InChI is InChI=1S/C24H25N3O5/c1-16-9-19(5-6-21(16)22-13-25-15-31-22)27-23(28)11-17-3-2-4-18(10-17)12-26-24(29)32-20-7-8-30-14-20/h2-6,9-10,13,15,20H,7-8,11-12,14H2,1H3,(H,26,29)(H,27,28). The zero-order valence-electron chi connectivity index (χ0n) is 17.8. The van der Waals surface area contributed by atoms with Crippen molar-refractivity contribution in [3.8, 4) is 11.3 Å². The molecule has 0 radical (unpaired) electrons. The highest BCUT2D eigenvalue weighted by molar-refractivity contribution is 5.92. The number of ether oxygens (including phenoxy) is 2. The van der Waals surface area contributed by atoms with Gasteiger partial charge in [0.1, 0.15) is 6.10 Å². The Kier molecular flexibility index (Phi) is 6.81. The van der Waals surface area contributed by atoms with Crippen LogP contribution in [-0.4, -0.2) is 36.3 Å². The highest BCUT2D eigenvalue weighted by Gasteiger charge is 2.19. The summed E-state index contributed by atoms with van der Waals surface area (Å²) in [6.45, 7) is 3.34. The van der Waals surface area contributed by atoms with Crippen LogP contribution in [0, 0.1) is 6.92 Å². The van der Waals surface area contributed by atoms with Crippen molar-refractivity contribution in [3.05, 3.63) is 71.7 Å². The average molecular weight is 435 g/mol. The maximum absolute atomic E-state index is 12.5. The number of alkyl carbamates (subject to hydrolysis) is 1. The van der Waals surface area contributed by atoms with E-state index in [2.05, 4.69) is 15.6 Å². The Morgan fingerprint density at radius 1 is 1.19 bits per heavy atom. The number of oxazole rings is 1. The Balaban J connectivity index is 1.29. The molecule has 1 saturated heterocycles. The number of aryl methyl sites for hydroxylation is 1. The minimum Gasteiger partial charge on any atom is -0.444 e. The highest BCUT2D eigenvalue weighted by Crippen LogP contribution is 2.25. The summed E-state index contributed by atoms with van der Waals surface area (Å²) >= 11 is 0. The summed E-state index contributed by atoms with van der Waals surface area (Å²) in [4.78, 5) is 28.4. The molecule has 1 atom stereocenters. The molecule has 1 unspecified atom stereocenters. The predicted octanol–water partition coefficient (Wildman–Crippen LogP) is 3.85. The summed E-state index contributed by atoms with van der Waals surface area (Å²) in [6, 6.07) is 13.2. The van der Waals surface area contributed by atoms with E-state index in [1.165, 1.54) is 6.39 Å². The SMILES string of the molecule is Cc1cc(NC(=O)Cc2cccc(CNC(=O)OC3CCOC3)c2)ccc1-c1cnco1. The van der Waals surface area contributed by atoms with Crippen molar-refractivity contribution in [2.75, 3.05) is 18.5 Å². The first kappa shape index (κ1) is 21.6. The lowest BCUT2D eigenvalue weighted by Gasteiger charge is -2.12. The minimum atomic E-state index is -0.465. The van der Waals surface area contributed by atoms with Crippen molar-refractivity contribution in [2.45, 2.75) is 32.4 Å². The Labute approximate surface area is 185 Å². The molecular formula is C24H25N3O5. The molecule has 1 aromatic heterocycles. The van der Waals surface area contributed by atoms with Crippen LogP contribution in [0.1, 0.15) is 23.1 Å². The number of hydrogen-bond donors (Lipinski definition) is 2. The van der Waals surface area contributed by atoms with E-state index in [4.69, 9.17) is 13.9 Å². The Morgan fingerprint density at radius 2 is 2.06 bits per heavy atom. The number of anilines is 1. The number of carbonyl (C=O) groups excluding carboxylic acids is 2. The molecule has 1 aliphatic heterocycles. The first-order valence-corrected chi connectivity index (χ1v) is 10.5. The molecule has 32 heavy (non-hydrogen) atoms. The van der Waals surface area contributed by atoms with Gasteiger partial charge in [0.15, 0.2) is 12.2 Å². The van der Waals surface area contributed by atoms with Gasteiger partial charge in [-0.1, -0.05) is 24.3 Å². The molecule has 0 aliphatic carbocycles. The Hall–Kier alpha value is -3.65. The largest absolute Gasteiger partial charge is 0.444 e. The van der Waals surface area contributed by atoms with Crippen molar-refractivity contribution < 1.29 is 23.5 Å². The molecule has 2 aromatic carbocycles. The maximum atomic E-state index is 12.5. The second kappa shape index (κ2) is 10.1. The molecule has 0 spiro atoms. The molecule has 2 amide bonds. The van der Waals surface area contributed by atoms with E-state index in [0.717, 1.165) is 28.7 Å². The lowest BCUT2D eigenvalue weighted by atomic mass is 10.1. The molecule has 4 rings (SSSR count). The van der Waals surface area contributed by atoms with Gasteiger partial charge in [-0.15, -0.1) is 0 Å². The number of amides is 2. The van der Waals surface area contributed by atoms with Crippen LogP contribution in [-0.2, 0) is 27.2 Å². The van der Waals surface area contributed by atoms with Crippen LogP contribution in [0.15, 0.2) is 59.5 Å². The van der Waals surface area contributed by atoms with Crippen LogP contribution in [0.5, 0.6) is 0 Å². The van der Waals surface area contributed by atoms with Crippen LogP contribution >= 0.6 is 0 Å². The summed E-state index contributed by atoms with van der Waals surface area (Å²) < 4.78 is 15.8. The number of benzene rings is 2. The quantitative estimate of drug-likeness (QED) is 0.584. The number of aromatic nitrogens is 1. The van der Waals surface area contributed by atoms with Crippen LogP contribution < -0.4 is 10.6 Å². The normalized spacial score (nSPS) is 15.3. The fourth-order valence-electron chi connectivity index (χ4n) is 3.58. The third kappa shape index (κ3) is 5.73. The second-order valence-electron chi connectivity index (χ2n) is 7.68. The number of rotatable bonds is 7. The van der Waals surface area contributed by atoms with Crippen LogP contribution in [0.2, 0.25) is 0 Å². The molecule has 3 aromatic rings. The minimum absolute atomic E-state index is 0.123. The monoisotopic (exact) mass is 435 g/mol. The van der Waals surface area contributed by atoms with Crippen molar-refractivity contribution in [1.82, 2.24) is 10.3 Å². The Bertz CT molecular complexity index is 1070. The molecule has 1 aliphatic rings. The second-order valence-corrected chi connectivity index (χ2v) is 7.68. The van der Waals surface area contributed by atoms with Gasteiger partial charge in [-0.05, 0) is 41.8 Å². The van der Waals surface area contributed by atoms with E-state index in [-0.39, 0.29) is 18.4 Å². The first-order chi connectivity index (χ1) is 15.6. The van der Waals surface area contributed by atoms with Crippen LogP contribution in [0.25, 0.3) is 11.3 Å². The fraction of sp³-hybridized carbons (Fsp3) is 0.292. The van der Waals surface area contributed by atoms with Crippen LogP contribution in [0.3, 0.4) is 0 Å². The zero-order valence-corrected chi connectivity index (χ0v) is 17.8. The summed E-state index contributed by atoms with van der Waals surface area (Å²) in [6.07, 6.45) is 3.35. The molecule has 8 heteroatoms. The van der Waals surface area contributed by atoms with Gasteiger partial charge in [0.05, 0.1) is 25.8 Å². The molecule has 0 bridgehead atoms. The van der Waals surface area contributed by atoms with Crippen molar-refractivity contribution in [1.29, 1.82) is 0 Å². The van der Waals surface area contributed by atoms with E-state index in [1.54, 1.807) is 6.20 Å². The molecule has 1 fully saturated rings. The van der Waals surface area contributed by atoms with Gasteiger partial charge in [0.2, 0.25) is 5.91 Å². The number of hydrogen-bond acceptors (Lipinski definition) is 6. The summed E-state index contributed by atoms with van der Waals surface area (Å²) in [7, 11) is 0. The highest BCUT2D eigenvalue weighted by atomic mass is 16.6. The van der Waals surface area contributed by atoms with E-state index in [1.807, 2.05) is 49.4 Å². The fourth-order valence-corrected chi connectivity index (χ4v) is 3.58. The molecule has 0 saturated carbocycles. The lowest BCUT2D eigenvalue weighted by molar-refractivity contribution is -0.115. The number of nitrogens with zero attached hydrogens (tertiary/aromatic N) is 1. The molecule has 166 valence electrons. The van der Waals surface area contributed by atoms with Gasteiger partial charge >= 0.3 is 6.09 Å². The van der Waals surface area contributed by atoms with Crippen LogP contribution in [0.4, 0.5) is 10.5 Å². The summed E-state index contributed by atoms with van der Waals surface area (Å²) in [5.74, 6) is 0.564. The Morgan fingerprint density at radius 3 is 2.81 bits per heavy atom. The molecule has 8 nitrogen and oxygen atoms in total. The lowest BCUT2D eigenvalue weighted by Crippen LogP contribution is -2.28. The summed E-state index contributed by atoms with van der Waals surface area (Å²) in [5, 5.41) is 5.67. The average Bonchev–Trinajstić information content (AvgIpc) is 3.47. The zero-order chi connectivity index (χ0) is 22.3. The maximum Gasteiger partial charge on any atom is 0.407 e. The third-order valence-corrected chi connectivity index (χ3v) is 5.16. The van der Waals surface area contributed by atoms with E-state index < -0.39 is 6.09 Å². The summed E-state index contributed by atoms with van der Waals surface area (Å²) in [5.41, 5.74) is 4.37. The van der Waals surface area contributed by atoms with E-state index in [0.29, 0.717) is 31.2 Å². The van der Waals surface area contributed by atoms with Gasteiger partial charge in [-0.25, -0.2) is 9.78 Å². The van der Waals surface area contributed by atoms with E-state index in [9.17, 15) is 9.59 Å². The van der Waals surface area contributed by atoms with Gasteiger partial charge in [0.25, 0.3) is 0 Å². The van der Waals surface area contributed by atoms with Gasteiger partial charge in [-0.2, -0.15) is 0 Å². The van der Waals surface area contributed by atoms with Crippen molar-refractivity contribution in [3.63, 3.8) is 0 Å². The smallest absolute Gasteiger partial charge is 0.407 e. The van der Waals surface area contributed by atoms with Gasteiger partial charge in [0, 0.05) is 24.2 Å². The topological polar surface area (TPSA) is 103 Å². The number of carbonyl (C=O) groups is 2. The van der Waals surface area contributed by atoms with E-state index >= 15 is 0 Å². The molecule has 2 heterocycles. The number of nitrogens with one attached hydrogen (secondary N) is 2. The molecular weight excluding hydrogens is 410 g/mol. The van der Waals surface area contributed by atoms with Crippen molar-refractivity contribution in [2.24, 2.45) is 0 Å². The molecule has 2 N–H and O–H groups in total. The first-order valence-electron chi connectivity index (χ1n) is 10.5. The predicted molar refractivity (Wildman–Crippen MR) is 118 cm³/mol. The third-order valence-electron chi connectivity index (χ3n) is 5.16. The van der Waals surface area contributed by atoms with Gasteiger partial charge in [-0.3, -0.25) is 4.79 Å².